The summed E-state index contributed by atoms with van der Waals surface area (Å²) >= 11 is 5.95. The molecule has 2 atom stereocenters. The minimum atomic E-state index is -0.982. The van der Waals surface area contributed by atoms with Crippen molar-refractivity contribution in [2.75, 3.05) is 19.7 Å². The normalized spacial score (nSPS) is 21.3. The number of amides is 2. The Kier molecular flexibility index (Phi) is 5.84. The van der Waals surface area contributed by atoms with Crippen LogP contribution in [0.5, 0.6) is 0 Å². The minimum absolute atomic E-state index is 0.155. The number of halogens is 1. The second-order valence-electron chi connectivity index (χ2n) is 5.30. The summed E-state index contributed by atoms with van der Waals surface area (Å²) < 4.78 is 5.59. The van der Waals surface area contributed by atoms with Gasteiger partial charge in [0.15, 0.2) is 11.0 Å². The molecule has 0 saturated carbocycles. The van der Waals surface area contributed by atoms with Crippen molar-refractivity contribution in [2.24, 2.45) is 0 Å². The number of aromatic amines is 1. The van der Waals surface area contributed by atoms with Crippen LogP contribution in [0.3, 0.4) is 0 Å². The Hall–Kier alpha value is -1.80. The smallest absolute Gasteiger partial charge is 0.407 e. The van der Waals surface area contributed by atoms with Gasteiger partial charge < -0.3 is 25.0 Å². The van der Waals surface area contributed by atoms with Crippen LogP contribution in [0.15, 0.2) is 0 Å². The molecule has 8 nitrogen and oxygen atoms in total. The third kappa shape index (κ3) is 4.14. The summed E-state index contributed by atoms with van der Waals surface area (Å²) in [4.78, 5) is 31.6. The topological polar surface area (TPSA) is 108 Å². The number of nitrogens with zero attached hydrogens (tertiary/aromatic N) is 2. The van der Waals surface area contributed by atoms with E-state index >= 15 is 0 Å². The zero-order valence-corrected chi connectivity index (χ0v) is 13.9. The molecule has 23 heavy (non-hydrogen) atoms. The highest BCUT2D eigenvalue weighted by Crippen LogP contribution is 2.17. The van der Waals surface area contributed by atoms with Crippen LogP contribution in [0, 0.1) is 0 Å². The molecule has 0 aliphatic carbocycles. The fourth-order valence-corrected chi connectivity index (χ4v) is 2.87. The number of carboxylic acid groups (broad SMARTS) is 1. The van der Waals surface area contributed by atoms with Crippen LogP contribution < -0.4 is 5.32 Å². The van der Waals surface area contributed by atoms with Crippen molar-refractivity contribution in [3.8, 4) is 0 Å². The van der Waals surface area contributed by atoms with Crippen LogP contribution in [0.1, 0.15) is 36.6 Å². The van der Waals surface area contributed by atoms with Crippen molar-refractivity contribution >= 4 is 23.6 Å². The first-order valence-electron chi connectivity index (χ1n) is 7.60. The lowest BCUT2D eigenvalue weighted by Crippen LogP contribution is -2.56. The Bertz CT molecular complexity index is 577. The van der Waals surface area contributed by atoms with Gasteiger partial charge in [0.2, 0.25) is 0 Å². The molecule has 0 aromatic carbocycles. The van der Waals surface area contributed by atoms with Crippen LogP contribution in [-0.2, 0) is 11.2 Å². The number of hydrogen-bond donors (Lipinski definition) is 3. The number of rotatable bonds is 5. The lowest BCUT2D eigenvalue weighted by Gasteiger charge is -2.37. The molecule has 0 bridgehead atoms. The van der Waals surface area contributed by atoms with Crippen molar-refractivity contribution in [1.82, 2.24) is 20.2 Å². The van der Waals surface area contributed by atoms with Crippen molar-refractivity contribution < 1.29 is 19.4 Å². The fraction of sp³-hybridized carbons (Fsp3) is 0.643. The van der Waals surface area contributed by atoms with Crippen LogP contribution in [0.2, 0.25) is 5.15 Å². The van der Waals surface area contributed by atoms with Crippen molar-refractivity contribution in [1.29, 1.82) is 0 Å². The minimum Gasteiger partial charge on any atom is -0.465 e. The van der Waals surface area contributed by atoms with Crippen LogP contribution in [-0.4, -0.2) is 63.8 Å². The van der Waals surface area contributed by atoms with Crippen LogP contribution >= 0.6 is 11.6 Å². The predicted molar refractivity (Wildman–Crippen MR) is 83.9 cm³/mol. The summed E-state index contributed by atoms with van der Waals surface area (Å²) in [5, 5.41) is 12.2. The first kappa shape index (κ1) is 17.6. The Morgan fingerprint density at radius 2 is 2.26 bits per heavy atom. The number of piperidine rings is 1. The van der Waals surface area contributed by atoms with Gasteiger partial charge in [-0.2, -0.15) is 0 Å². The summed E-state index contributed by atoms with van der Waals surface area (Å²) in [5.74, 6) is -0.215. The van der Waals surface area contributed by atoms with E-state index in [1.54, 1.807) is 0 Å². The van der Waals surface area contributed by atoms with Crippen LogP contribution in [0.4, 0.5) is 4.79 Å². The monoisotopic (exact) mass is 344 g/mol. The Morgan fingerprint density at radius 1 is 1.52 bits per heavy atom. The van der Waals surface area contributed by atoms with Crippen molar-refractivity contribution in [3.05, 3.63) is 16.7 Å². The summed E-state index contributed by atoms with van der Waals surface area (Å²) in [6.45, 7) is 4.76. The first-order chi connectivity index (χ1) is 11.0. The van der Waals surface area contributed by atoms with E-state index in [4.69, 9.17) is 21.4 Å². The van der Waals surface area contributed by atoms with Crippen LogP contribution in [0.25, 0.3) is 0 Å². The third-order valence-electron chi connectivity index (χ3n) is 3.82. The largest absolute Gasteiger partial charge is 0.465 e. The Morgan fingerprint density at radius 3 is 2.83 bits per heavy atom. The van der Waals surface area contributed by atoms with Gasteiger partial charge in [0.25, 0.3) is 5.91 Å². The molecular weight excluding hydrogens is 324 g/mol. The van der Waals surface area contributed by atoms with Gasteiger partial charge in [-0.15, -0.1) is 0 Å². The molecule has 128 valence electrons. The SMILES string of the molecule is CCO[C@H]1CN(C(=O)O)CC[C@H]1NC(=O)c1nc(Cl)c(CC)[nH]1. The third-order valence-corrected chi connectivity index (χ3v) is 4.14. The maximum absolute atomic E-state index is 12.3. The van der Waals surface area contributed by atoms with E-state index in [1.165, 1.54) is 4.90 Å². The summed E-state index contributed by atoms with van der Waals surface area (Å²) in [6.07, 6.45) is -0.232. The van der Waals surface area contributed by atoms with E-state index in [2.05, 4.69) is 15.3 Å². The Labute approximate surface area is 139 Å². The number of likely N-dealkylation sites (tertiary alicyclic amines) is 1. The number of H-pyrrole nitrogens is 1. The van der Waals surface area contributed by atoms with Gasteiger partial charge in [0.1, 0.15) is 0 Å². The molecule has 1 aromatic rings. The van der Waals surface area contributed by atoms with Gasteiger partial charge >= 0.3 is 6.09 Å². The lowest BCUT2D eigenvalue weighted by molar-refractivity contribution is -0.0112. The lowest BCUT2D eigenvalue weighted by atomic mass is 10.0. The fourth-order valence-electron chi connectivity index (χ4n) is 2.60. The van der Waals surface area contributed by atoms with Crippen molar-refractivity contribution in [2.45, 2.75) is 38.8 Å². The zero-order valence-electron chi connectivity index (χ0n) is 13.1. The molecule has 0 unspecified atom stereocenters. The molecule has 1 aliphatic rings. The molecule has 2 heterocycles. The zero-order chi connectivity index (χ0) is 17.0. The summed E-state index contributed by atoms with van der Waals surface area (Å²) in [6, 6.07) is -0.271. The predicted octanol–water partition coefficient (Wildman–Crippen LogP) is 1.51. The molecule has 3 N–H and O–H groups in total. The van der Waals surface area contributed by atoms with Gasteiger partial charge in [-0.3, -0.25) is 4.79 Å². The number of carbonyl (C=O) groups excluding carboxylic acids is 1. The number of nitrogens with one attached hydrogen (secondary N) is 2. The van der Waals surface area contributed by atoms with Gasteiger partial charge in [-0.25, -0.2) is 9.78 Å². The quantitative estimate of drug-likeness (QED) is 0.750. The number of hydrogen-bond acceptors (Lipinski definition) is 4. The molecule has 0 radical (unpaired) electrons. The number of carbonyl (C=O) groups is 2. The maximum Gasteiger partial charge on any atom is 0.407 e. The highest BCUT2D eigenvalue weighted by molar-refractivity contribution is 6.30. The van der Waals surface area contributed by atoms with Crippen molar-refractivity contribution in [3.63, 3.8) is 0 Å². The molecule has 0 spiro atoms. The maximum atomic E-state index is 12.3. The summed E-state index contributed by atoms with van der Waals surface area (Å²) in [7, 11) is 0. The van der Waals surface area contributed by atoms with E-state index in [-0.39, 0.29) is 30.4 Å². The average molecular weight is 345 g/mol. The van der Waals surface area contributed by atoms with E-state index in [1.807, 2.05) is 13.8 Å². The van der Waals surface area contributed by atoms with Gasteiger partial charge in [0, 0.05) is 13.2 Å². The van der Waals surface area contributed by atoms with Gasteiger partial charge in [0.05, 0.1) is 24.4 Å². The molecule has 1 saturated heterocycles. The molecule has 9 heteroatoms. The van der Waals surface area contributed by atoms with E-state index in [0.717, 1.165) is 0 Å². The molecular formula is C14H21ClN4O4. The molecule has 1 fully saturated rings. The average Bonchev–Trinajstić information content (AvgIpc) is 2.90. The second kappa shape index (κ2) is 7.65. The number of aryl methyl sites for hydroxylation is 1. The highest BCUT2D eigenvalue weighted by atomic mass is 35.5. The molecule has 2 amide bonds. The number of imidazole rings is 1. The van der Waals surface area contributed by atoms with E-state index < -0.39 is 6.09 Å². The Balaban J connectivity index is 2.04. The number of ether oxygens (including phenoxy) is 1. The van der Waals surface area contributed by atoms with Gasteiger partial charge in [-0.1, -0.05) is 18.5 Å². The number of aromatic nitrogens is 2. The standard InChI is InChI=1S/C14H21ClN4O4/c1-3-8-11(15)18-12(16-8)13(20)17-9-5-6-19(14(21)22)7-10(9)23-4-2/h9-10H,3-7H2,1-2H3,(H,16,18)(H,17,20)(H,21,22)/t9-,10+/m1/s1. The van der Waals surface area contributed by atoms with E-state index in [0.29, 0.717) is 36.8 Å². The first-order valence-corrected chi connectivity index (χ1v) is 7.98. The highest BCUT2D eigenvalue weighted by Gasteiger charge is 2.33. The molecule has 1 aliphatic heterocycles. The summed E-state index contributed by atoms with van der Waals surface area (Å²) in [5.41, 5.74) is 0.707. The second-order valence-corrected chi connectivity index (χ2v) is 5.66. The molecule has 2 rings (SSSR count). The molecule has 1 aromatic heterocycles. The van der Waals surface area contributed by atoms with E-state index in [9.17, 15) is 9.59 Å². The van der Waals surface area contributed by atoms with Gasteiger partial charge in [-0.05, 0) is 19.8 Å².